The van der Waals surface area contributed by atoms with Gasteiger partial charge in [0.2, 0.25) is 0 Å². The van der Waals surface area contributed by atoms with E-state index in [1.54, 1.807) is 12.3 Å². The smallest absolute Gasteiger partial charge is 0.251 e. The molecule has 3 heterocycles. The summed E-state index contributed by atoms with van der Waals surface area (Å²) >= 11 is 0. The molecule has 0 spiro atoms. The van der Waals surface area contributed by atoms with Crippen LogP contribution in [-0.4, -0.2) is 29.1 Å². The van der Waals surface area contributed by atoms with Crippen molar-refractivity contribution in [2.75, 3.05) is 18.0 Å². The lowest BCUT2D eigenvalue weighted by Crippen LogP contribution is -2.35. The second-order valence-corrected chi connectivity index (χ2v) is 6.80. The van der Waals surface area contributed by atoms with E-state index < -0.39 is 0 Å². The highest BCUT2D eigenvalue weighted by Crippen LogP contribution is 2.22. The molecule has 0 saturated carbocycles. The van der Waals surface area contributed by atoms with Crippen LogP contribution in [0.15, 0.2) is 22.9 Å². The van der Waals surface area contributed by atoms with Crippen LogP contribution in [0.1, 0.15) is 54.1 Å². The van der Waals surface area contributed by atoms with E-state index in [0.717, 1.165) is 42.3 Å². The van der Waals surface area contributed by atoms with E-state index in [9.17, 15) is 4.79 Å². The third-order valence-corrected chi connectivity index (χ3v) is 4.82. The van der Waals surface area contributed by atoms with Crippen molar-refractivity contribution in [1.29, 1.82) is 0 Å². The molecule has 6 nitrogen and oxygen atoms in total. The number of nitrogens with zero attached hydrogens (tertiary/aromatic N) is 3. The summed E-state index contributed by atoms with van der Waals surface area (Å²) in [7, 11) is 0. The van der Waals surface area contributed by atoms with Gasteiger partial charge in [-0.15, -0.1) is 0 Å². The highest BCUT2D eigenvalue weighted by molar-refractivity contribution is 5.94. The third-order valence-electron chi connectivity index (χ3n) is 4.82. The van der Waals surface area contributed by atoms with Gasteiger partial charge in [-0.1, -0.05) is 19.0 Å². The Kier molecular flexibility index (Phi) is 5.36. The number of aromatic nitrogens is 2. The molecule has 1 aliphatic rings. The highest BCUT2D eigenvalue weighted by atomic mass is 16.5. The fraction of sp³-hybridized carbons (Fsp3) is 0.526. The monoisotopic (exact) mass is 342 g/mol. The quantitative estimate of drug-likeness (QED) is 0.904. The van der Waals surface area contributed by atoms with Gasteiger partial charge in [-0.2, -0.15) is 0 Å². The van der Waals surface area contributed by atoms with Crippen molar-refractivity contribution in [1.82, 2.24) is 15.5 Å². The molecule has 0 bridgehead atoms. The molecular formula is C19H26N4O2. The number of hydrogen-bond donors (Lipinski definition) is 1. The van der Waals surface area contributed by atoms with E-state index >= 15 is 0 Å². The SMILES string of the molecule is CCc1noc(C)c1CNC(=O)c1ccnc(N2CCCC(C)C2)c1. The molecule has 1 fully saturated rings. The van der Waals surface area contributed by atoms with Gasteiger partial charge in [0.05, 0.1) is 5.69 Å². The number of anilines is 1. The zero-order valence-electron chi connectivity index (χ0n) is 15.2. The summed E-state index contributed by atoms with van der Waals surface area (Å²) in [6.07, 6.45) is 4.93. The lowest BCUT2D eigenvalue weighted by atomic mass is 10.0. The van der Waals surface area contributed by atoms with Crippen LogP contribution >= 0.6 is 0 Å². The summed E-state index contributed by atoms with van der Waals surface area (Å²) in [5.74, 6) is 2.21. The second-order valence-electron chi connectivity index (χ2n) is 6.80. The predicted octanol–water partition coefficient (Wildman–Crippen LogP) is 3.11. The van der Waals surface area contributed by atoms with Crippen molar-refractivity contribution >= 4 is 11.7 Å². The van der Waals surface area contributed by atoms with Crippen LogP contribution in [-0.2, 0) is 13.0 Å². The lowest BCUT2D eigenvalue weighted by Gasteiger charge is -2.31. The molecule has 0 aliphatic carbocycles. The van der Waals surface area contributed by atoms with E-state index in [-0.39, 0.29) is 5.91 Å². The maximum absolute atomic E-state index is 12.5. The van der Waals surface area contributed by atoms with Gasteiger partial charge in [0.1, 0.15) is 11.6 Å². The van der Waals surface area contributed by atoms with Crippen molar-refractivity contribution in [2.24, 2.45) is 5.92 Å². The summed E-state index contributed by atoms with van der Waals surface area (Å²) in [5, 5.41) is 6.99. The Morgan fingerprint density at radius 1 is 1.48 bits per heavy atom. The Labute approximate surface area is 148 Å². The number of carbonyl (C=O) groups is 1. The van der Waals surface area contributed by atoms with Gasteiger partial charge >= 0.3 is 0 Å². The molecule has 134 valence electrons. The molecule has 3 rings (SSSR count). The molecular weight excluding hydrogens is 316 g/mol. The van der Waals surface area contributed by atoms with Gasteiger partial charge in [0.25, 0.3) is 5.91 Å². The van der Waals surface area contributed by atoms with E-state index in [4.69, 9.17) is 4.52 Å². The topological polar surface area (TPSA) is 71.3 Å². The number of aryl methyl sites for hydroxylation is 2. The molecule has 1 N–H and O–H groups in total. The van der Waals surface area contributed by atoms with Gasteiger partial charge in [-0.3, -0.25) is 4.79 Å². The van der Waals surface area contributed by atoms with Gasteiger partial charge in [-0.25, -0.2) is 4.98 Å². The number of pyridine rings is 1. The summed E-state index contributed by atoms with van der Waals surface area (Å²) in [6.45, 7) is 8.58. The first kappa shape index (κ1) is 17.5. The van der Waals surface area contributed by atoms with E-state index in [0.29, 0.717) is 18.0 Å². The Morgan fingerprint density at radius 3 is 3.08 bits per heavy atom. The number of nitrogens with one attached hydrogen (secondary N) is 1. The molecule has 2 aromatic rings. The molecule has 2 aromatic heterocycles. The first-order valence-corrected chi connectivity index (χ1v) is 9.01. The Bertz CT molecular complexity index is 741. The summed E-state index contributed by atoms with van der Waals surface area (Å²) in [5.41, 5.74) is 2.50. The second kappa shape index (κ2) is 7.68. The Balaban J connectivity index is 1.68. The summed E-state index contributed by atoms with van der Waals surface area (Å²) in [4.78, 5) is 19.3. The first-order chi connectivity index (χ1) is 12.1. The average molecular weight is 342 g/mol. The fourth-order valence-electron chi connectivity index (χ4n) is 3.34. The van der Waals surface area contributed by atoms with Crippen molar-refractivity contribution in [3.8, 4) is 0 Å². The van der Waals surface area contributed by atoms with Crippen molar-refractivity contribution < 1.29 is 9.32 Å². The largest absolute Gasteiger partial charge is 0.361 e. The van der Waals surface area contributed by atoms with Gasteiger partial charge < -0.3 is 14.7 Å². The van der Waals surface area contributed by atoms with Crippen LogP contribution in [0.4, 0.5) is 5.82 Å². The van der Waals surface area contributed by atoms with E-state index in [2.05, 4.69) is 27.3 Å². The van der Waals surface area contributed by atoms with Crippen LogP contribution in [0.2, 0.25) is 0 Å². The molecule has 1 saturated heterocycles. The van der Waals surface area contributed by atoms with Crippen molar-refractivity contribution in [3.63, 3.8) is 0 Å². The molecule has 1 unspecified atom stereocenters. The van der Waals surface area contributed by atoms with E-state index in [1.165, 1.54) is 12.8 Å². The number of amides is 1. The fourth-order valence-corrected chi connectivity index (χ4v) is 3.34. The standard InChI is InChI=1S/C19H26N4O2/c1-4-17-16(14(3)25-22-17)11-21-19(24)15-7-8-20-18(10-15)23-9-5-6-13(2)12-23/h7-8,10,13H,4-6,9,11-12H2,1-3H3,(H,21,24). The molecule has 1 atom stereocenters. The molecule has 0 radical (unpaired) electrons. The Hall–Kier alpha value is -2.37. The van der Waals surface area contributed by atoms with Crippen molar-refractivity contribution in [2.45, 2.75) is 46.6 Å². The van der Waals surface area contributed by atoms with Gasteiger partial charge in [0, 0.05) is 37.0 Å². The summed E-state index contributed by atoms with van der Waals surface area (Å²) < 4.78 is 5.22. The number of carbonyl (C=O) groups excluding carboxylic acids is 1. The third kappa shape index (κ3) is 4.00. The van der Waals surface area contributed by atoms with Crippen LogP contribution in [0.5, 0.6) is 0 Å². The maximum Gasteiger partial charge on any atom is 0.251 e. The average Bonchev–Trinajstić information content (AvgIpc) is 2.99. The molecule has 6 heteroatoms. The van der Waals surface area contributed by atoms with Crippen molar-refractivity contribution in [3.05, 3.63) is 40.9 Å². The van der Waals surface area contributed by atoms with Crippen LogP contribution in [0.25, 0.3) is 0 Å². The number of rotatable bonds is 5. The van der Waals surface area contributed by atoms with Crippen LogP contribution < -0.4 is 10.2 Å². The van der Waals surface area contributed by atoms with Crippen LogP contribution in [0, 0.1) is 12.8 Å². The lowest BCUT2D eigenvalue weighted by molar-refractivity contribution is 0.0950. The zero-order chi connectivity index (χ0) is 17.8. The normalized spacial score (nSPS) is 17.6. The van der Waals surface area contributed by atoms with Gasteiger partial charge in [0.15, 0.2) is 0 Å². The predicted molar refractivity (Wildman–Crippen MR) is 96.6 cm³/mol. The summed E-state index contributed by atoms with van der Waals surface area (Å²) in [6, 6.07) is 3.64. The van der Waals surface area contributed by atoms with E-state index in [1.807, 2.05) is 19.9 Å². The van der Waals surface area contributed by atoms with Gasteiger partial charge in [-0.05, 0) is 44.2 Å². The number of piperidine rings is 1. The molecule has 1 aliphatic heterocycles. The molecule has 0 aromatic carbocycles. The minimum absolute atomic E-state index is 0.101. The Morgan fingerprint density at radius 2 is 2.32 bits per heavy atom. The first-order valence-electron chi connectivity index (χ1n) is 9.01. The number of hydrogen-bond acceptors (Lipinski definition) is 5. The molecule has 1 amide bonds. The minimum Gasteiger partial charge on any atom is -0.361 e. The maximum atomic E-state index is 12.5. The molecule has 25 heavy (non-hydrogen) atoms. The van der Waals surface area contributed by atoms with Crippen LogP contribution in [0.3, 0.4) is 0 Å². The highest BCUT2D eigenvalue weighted by Gasteiger charge is 2.19. The zero-order valence-corrected chi connectivity index (χ0v) is 15.2. The minimum atomic E-state index is -0.101.